The minimum Gasteiger partial charge on any atom is -0.172 e. The summed E-state index contributed by atoms with van der Waals surface area (Å²) in [5.74, 6) is 0. The molecule has 0 atom stereocenters. The molecule has 0 saturated heterocycles. The third kappa shape index (κ3) is 1.77. The number of hydrogen-bond donors (Lipinski definition) is 0. The third-order valence-electron chi connectivity index (χ3n) is 2.89. The first kappa shape index (κ1) is 11.1. The standard InChI is InChI=1S/C14H6N2S3/c1-3-11(17-7-1)9-5-6-10(12-4-2-8-18-12)14-13(9)15-19-16-14/h1-6H/b11-9-,12-10-. The van der Waals surface area contributed by atoms with E-state index in [1.807, 2.05) is 12.2 Å². The van der Waals surface area contributed by atoms with Gasteiger partial charge in [0, 0.05) is 20.2 Å². The van der Waals surface area contributed by atoms with E-state index in [0.717, 1.165) is 21.5 Å². The van der Waals surface area contributed by atoms with Crippen molar-refractivity contribution in [2.24, 2.45) is 0 Å². The smallest absolute Gasteiger partial charge is 0.114 e. The molecule has 4 rings (SSSR count). The van der Waals surface area contributed by atoms with Crippen LogP contribution in [0.3, 0.4) is 0 Å². The monoisotopic (exact) mass is 298 g/mol. The molecule has 0 amide bonds. The molecule has 1 aromatic heterocycles. The second-order valence-corrected chi connectivity index (χ2v) is 6.24. The van der Waals surface area contributed by atoms with Crippen LogP contribution in [-0.2, 0) is 0 Å². The molecule has 0 radical (unpaired) electrons. The lowest BCUT2D eigenvalue weighted by atomic mass is 10.2. The van der Waals surface area contributed by atoms with Crippen molar-refractivity contribution in [3.8, 4) is 10.4 Å². The Balaban J connectivity index is 2.22. The first-order valence-electron chi connectivity index (χ1n) is 5.61. The fourth-order valence-corrected chi connectivity index (χ4v) is 3.96. The van der Waals surface area contributed by atoms with Crippen molar-refractivity contribution in [1.82, 2.24) is 8.75 Å². The molecule has 3 heterocycles. The van der Waals surface area contributed by atoms with Gasteiger partial charge >= 0.3 is 0 Å². The van der Waals surface area contributed by atoms with Crippen LogP contribution in [0.2, 0.25) is 0 Å². The van der Waals surface area contributed by atoms with Gasteiger partial charge in [-0.1, -0.05) is 44.8 Å². The van der Waals surface area contributed by atoms with Gasteiger partial charge < -0.3 is 0 Å². The van der Waals surface area contributed by atoms with Gasteiger partial charge in [-0.15, -0.1) is 0 Å². The van der Waals surface area contributed by atoms with Crippen LogP contribution in [0.15, 0.2) is 36.4 Å². The lowest BCUT2D eigenvalue weighted by molar-refractivity contribution is 1.54. The number of benzene rings is 1. The van der Waals surface area contributed by atoms with Gasteiger partial charge in [0.15, 0.2) is 0 Å². The highest BCUT2D eigenvalue weighted by Crippen LogP contribution is 2.16. The van der Waals surface area contributed by atoms with Gasteiger partial charge in [0.2, 0.25) is 0 Å². The van der Waals surface area contributed by atoms with Crippen molar-refractivity contribution in [2.45, 2.75) is 0 Å². The van der Waals surface area contributed by atoms with Crippen LogP contribution < -0.4 is 10.4 Å². The second kappa shape index (κ2) is 4.42. The second-order valence-electron chi connectivity index (χ2n) is 3.96. The molecule has 0 aliphatic carbocycles. The van der Waals surface area contributed by atoms with E-state index in [9.17, 15) is 0 Å². The molecule has 0 N–H and O–H groups in total. The van der Waals surface area contributed by atoms with Gasteiger partial charge in [0.1, 0.15) is 11.0 Å². The summed E-state index contributed by atoms with van der Waals surface area (Å²) in [6.45, 7) is 0. The molecule has 1 aromatic carbocycles. The normalized spacial score (nSPS) is 21.3. The summed E-state index contributed by atoms with van der Waals surface area (Å²) >= 11 is 4.48. The first-order chi connectivity index (χ1) is 9.43. The Morgan fingerprint density at radius 1 is 0.789 bits per heavy atom. The molecule has 0 saturated carbocycles. The highest BCUT2D eigenvalue weighted by atomic mass is 32.1. The van der Waals surface area contributed by atoms with Gasteiger partial charge in [-0.05, 0) is 24.3 Å². The van der Waals surface area contributed by atoms with Crippen molar-refractivity contribution in [3.63, 3.8) is 0 Å². The van der Waals surface area contributed by atoms with Crippen molar-refractivity contribution in [3.05, 3.63) is 46.9 Å². The van der Waals surface area contributed by atoms with Gasteiger partial charge in [-0.25, -0.2) is 0 Å². The van der Waals surface area contributed by atoms with Gasteiger partial charge in [-0.3, -0.25) is 0 Å². The van der Waals surface area contributed by atoms with Gasteiger partial charge in [0.05, 0.1) is 11.7 Å². The number of allylic oxidation sites excluding steroid dienone is 2. The highest BCUT2D eigenvalue weighted by Gasteiger charge is 2.07. The molecule has 2 nitrogen and oxygen atoms in total. The number of nitrogens with zero attached hydrogens (tertiary/aromatic N) is 2. The molecule has 0 unspecified atom stereocenters. The number of aromatic nitrogens is 2. The highest BCUT2D eigenvalue weighted by molar-refractivity contribution is 7.98. The maximum Gasteiger partial charge on any atom is 0.114 e. The van der Waals surface area contributed by atoms with Crippen LogP contribution in [0, 0.1) is 10.4 Å². The SMILES string of the molecule is C1#S/C(=c2/cc/c(=C3\C=CC#S3)c3nsnc23)C=C1. The molecule has 90 valence electrons. The average Bonchev–Trinajstić information content (AvgIpc) is 3.19. The van der Waals surface area contributed by atoms with Crippen LogP contribution in [0.25, 0.3) is 20.8 Å². The zero-order chi connectivity index (χ0) is 12.7. The molecule has 2 aliphatic heterocycles. The maximum absolute atomic E-state index is 4.46. The summed E-state index contributed by atoms with van der Waals surface area (Å²) in [6, 6.07) is 4.25. The Kier molecular flexibility index (Phi) is 2.59. The Labute approximate surface area is 121 Å². The number of hydrogen-bond acceptors (Lipinski definition) is 3. The molecule has 0 fully saturated rings. The van der Waals surface area contributed by atoms with E-state index in [1.165, 1.54) is 21.5 Å². The zero-order valence-electron chi connectivity index (χ0n) is 9.58. The number of rotatable bonds is 0. The van der Waals surface area contributed by atoms with Crippen molar-refractivity contribution in [2.75, 3.05) is 0 Å². The van der Waals surface area contributed by atoms with Crippen molar-refractivity contribution in [1.29, 1.82) is 0 Å². The minimum absolute atomic E-state index is 0.978. The van der Waals surface area contributed by atoms with E-state index < -0.39 is 0 Å². The number of fused-ring (bicyclic) bond motifs is 1. The van der Waals surface area contributed by atoms with E-state index in [2.05, 4.69) is 43.4 Å². The predicted molar refractivity (Wildman–Crippen MR) is 84.7 cm³/mol. The molecule has 2 aromatic rings. The summed E-state index contributed by atoms with van der Waals surface area (Å²) < 4.78 is 8.93. The van der Waals surface area contributed by atoms with Crippen LogP contribution in [-0.4, -0.2) is 8.75 Å². The Morgan fingerprint density at radius 3 is 1.74 bits per heavy atom. The molecule has 2 aliphatic rings. The lowest BCUT2D eigenvalue weighted by Gasteiger charge is -1.95. The lowest BCUT2D eigenvalue weighted by Crippen LogP contribution is -2.13. The first-order valence-corrected chi connectivity index (χ1v) is 7.97. The Morgan fingerprint density at radius 2 is 1.32 bits per heavy atom. The van der Waals surface area contributed by atoms with Crippen LogP contribution in [0.4, 0.5) is 0 Å². The largest absolute Gasteiger partial charge is 0.172 e. The molecule has 19 heavy (non-hydrogen) atoms. The minimum atomic E-state index is 0.978. The predicted octanol–water partition coefficient (Wildman–Crippen LogP) is 2.43. The quantitative estimate of drug-likeness (QED) is 0.746. The van der Waals surface area contributed by atoms with E-state index >= 15 is 0 Å². The topological polar surface area (TPSA) is 25.8 Å². The Hall–Kier alpha value is -1.74. The fourth-order valence-electron chi connectivity index (χ4n) is 2.04. The summed E-state index contributed by atoms with van der Waals surface area (Å²) in [7, 11) is 0. The van der Waals surface area contributed by atoms with E-state index in [0.29, 0.717) is 0 Å². The van der Waals surface area contributed by atoms with Crippen LogP contribution in [0.5, 0.6) is 0 Å². The van der Waals surface area contributed by atoms with E-state index in [4.69, 9.17) is 0 Å². The molecular formula is C14H6N2S3. The maximum atomic E-state index is 4.46. The van der Waals surface area contributed by atoms with E-state index in [1.54, 1.807) is 22.3 Å². The third-order valence-corrected chi connectivity index (χ3v) is 5.08. The van der Waals surface area contributed by atoms with Crippen molar-refractivity contribution >= 4 is 54.9 Å². The summed E-state index contributed by atoms with van der Waals surface area (Å²) in [5.41, 5.74) is 1.96. The van der Waals surface area contributed by atoms with Gasteiger partial charge in [0.25, 0.3) is 0 Å². The average molecular weight is 298 g/mol. The van der Waals surface area contributed by atoms with Crippen LogP contribution >= 0.6 is 34.1 Å². The summed E-state index contributed by atoms with van der Waals surface area (Å²) in [5, 5.41) is 8.52. The van der Waals surface area contributed by atoms with E-state index in [-0.39, 0.29) is 0 Å². The van der Waals surface area contributed by atoms with Crippen molar-refractivity contribution < 1.29 is 0 Å². The van der Waals surface area contributed by atoms with Crippen LogP contribution in [0.1, 0.15) is 0 Å². The zero-order valence-corrected chi connectivity index (χ0v) is 12.0. The summed E-state index contributed by atoms with van der Waals surface area (Å²) in [4.78, 5) is 2.36. The molecular weight excluding hydrogens is 292 g/mol. The molecule has 0 bridgehead atoms. The fraction of sp³-hybridized carbons (Fsp3) is 0. The Bertz CT molecular complexity index is 936. The van der Waals surface area contributed by atoms with Gasteiger partial charge in [-0.2, -0.15) is 8.75 Å². The molecule has 0 spiro atoms. The molecule has 5 heteroatoms. The summed E-state index contributed by atoms with van der Waals surface area (Å²) in [6.07, 6.45) is 8.01.